The van der Waals surface area contributed by atoms with E-state index >= 15 is 0 Å². The van der Waals surface area contributed by atoms with E-state index in [-0.39, 0.29) is 11.9 Å². The van der Waals surface area contributed by atoms with Crippen LogP contribution in [0.4, 0.5) is 4.39 Å². The minimum atomic E-state index is -0.160. The topological polar surface area (TPSA) is 24.5 Å². The highest BCUT2D eigenvalue weighted by molar-refractivity contribution is 5.21. The van der Waals surface area contributed by atoms with Gasteiger partial charge in [0, 0.05) is 31.7 Å². The van der Waals surface area contributed by atoms with Gasteiger partial charge in [-0.3, -0.25) is 4.90 Å². The standard InChI is InChI=1S/C18H29FN2O/c1-4-17(14(2)3)20-13-18(21-8-10-22-11-9-21)15-6-5-7-16(19)12-15/h5-7,12,14,17-18,20H,4,8-11,13H2,1-3H3/t17-,18-/m0/s1. The summed E-state index contributed by atoms with van der Waals surface area (Å²) in [6, 6.07) is 7.71. The van der Waals surface area contributed by atoms with Crippen molar-refractivity contribution < 1.29 is 9.13 Å². The van der Waals surface area contributed by atoms with Crippen LogP contribution >= 0.6 is 0 Å². The lowest BCUT2D eigenvalue weighted by Crippen LogP contribution is -2.45. The number of halogens is 1. The number of nitrogens with one attached hydrogen (secondary N) is 1. The minimum Gasteiger partial charge on any atom is -0.379 e. The summed E-state index contributed by atoms with van der Waals surface area (Å²) in [5, 5.41) is 3.68. The largest absolute Gasteiger partial charge is 0.379 e. The second-order valence-corrected chi connectivity index (χ2v) is 6.39. The van der Waals surface area contributed by atoms with Crippen molar-refractivity contribution >= 4 is 0 Å². The Bertz CT molecular complexity index is 446. The van der Waals surface area contributed by atoms with Crippen molar-refractivity contribution in [3.05, 3.63) is 35.6 Å². The first kappa shape index (κ1) is 17.4. The molecule has 0 spiro atoms. The molecule has 1 fully saturated rings. The van der Waals surface area contributed by atoms with E-state index in [1.165, 1.54) is 6.07 Å². The normalized spacial score (nSPS) is 19.3. The zero-order valence-electron chi connectivity index (χ0n) is 14.0. The number of morpholine rings is 1. The van der Waals surface area contributed by atoms with E-state index in [4.69, 9.17) is 4.74 Å². The van der Waals surface area contributed by atoms with Crippen LogP contribution < -0.4 is 5.32 Å². The van der Waals surface area contributed by atoms with Gasteiger partial charge >= 0.3 is 0 Å². The Morgan fingerprint density at radius 2 is 2.00 bits per heavy atom. The van der Waals surface area contributed by atoms with Gasteiger partial charge in [-0.15, -0.1) is 0 Å². The first-order valence-corrected chi connectivity index (χ1v) is 8.42. The third-order valence-corrected chi connectivity index (χ3v) is 4.54. The van der Waals surface area contributed by atoms with Crippen LogP contribution in [0.5, 0.6) is 0 Å². The Kier molecular flexibility index (Phi) is 6.80. The summed E-state index contributed by atoms with van der Waals surface area (Å²) in [6.07, 6.45) is 1.11. The summed E-state index contributed by atoms with van der Waals surface area (Å²) in [5.41, 5.74) is 1.05. The van der Waals surface area contributed by atoms with Gasteiger partial charge in [0.25, 0.3) is 0 Å². The van der Waals surface area contributed by atoms with Crippen LogP contribution in [-0.2, 0) is 4.74 Å². The lowest BCUT2D eigenvalue weighted by molar-refractivity contribution is 0.0152. The second-order valence-electron chi connectivity index (χ2n) is 6.39. The summed E-state index contributed by atoms with van der Waals surface area (Å²) >= 11 is 0. The highest BCUT2D eigenvalue weighted by Gasteiger charge is 2.24. The fraction of sp³-hybridized carbons (Fsp3) is 0.667. The molecular formula is C18H29FN2O. The van der Waals surface area contributed by atoms with Gasteiger partial charge in [-0.2, -0.15) is 0 Å². The van der Waals surface area contributed by atoms with Crippen molar-refractivity contribution in [2.75, 3.05) is 32.8 Å². The maximum atomic E-state index is 13.6. The van der Waals surface area contributed by atoms with Crippen molar-refractivity contribution in [1.29, 1.82) is 0 Å². The van der Waals surface area contributed by atoms with Crippen LogP contribution in [0.2, 0.25) is 0 Å². The molecule has 0 bridgehead atoms. The van der Waals surface area contributed by atoms with Crippen molar-refractivity contribution in [3.8, 4) is 0 Å². The number of rotatable bonds is 7. The van der Waals surface area contributed by atoms with Crippen molar-refractivity contribution in [2.45, 2.75) is 39.3 Å². The fourth-order valence-corrected chi connectivity index (χ4v) is 3.18. The molecule has 2 atom stereocenters. The lowest BCUT2D eigenvalue weighted by atomic mass is 9.99. The van der Waals surface area contributed by atoms with Crippen molar-refractivity contribution in [1.82, 2.24) is 10.2 Å². The molecule has 3 nitrogen and oxygen atoms in total. The van der Waals surface area contributed by atoms with Crippen LogP contribution in [0.25, 0.3) is 0 Å². The molecule has 0 radical (unpaired) electrons. The summed E-state index contributed by atoms with van der Waals surface area (Å²) in [5.74, 6) is 0.439. The summed E-state index contributed by atoms with van der Waals surface area (Å²) in [6.45, 7) is 10.9. The molecule has 1 saturated heterocycles. The zero-order chi connectivity index (χ0) is 15.9. The smallest absolute Gasteiger partial charge is 0.123 e. The average molecular weight is 308 g/mol. The summed E-state index contributed by atoms with van der Waals surface area (Å²) in [4.78, 5) is 2.40. The predicted molar refractivity (Wildman–Crippen MR) is 88.5 cm³/mol. The molecule has 1 aromatic carbocycles. The number of ether oxygens (including phenoxy) is 1. The molecule has 124 valence electrons. The number of benzene rings is 1. The van der Waals surface area contributed by atoms with E-state index in [0.29, 0.717) is 12.0 Å². The molecule has 1 aliphatic rings. The molecule has 0 aromatic heterocycles. The molecule has 1 heterocycles. The maximum Gasteiger partial charge on any atom is 0.123 e. The molecule has 1 aliphatic heterocycles. The third kappa shape index (κ3) is 4.77. The predicted octanol–water partition coefficient (Wildman–Crippen LogP) is 3.22. The Morgan fingerprint density at radius 1 is 1.27 bits per heavy atom. The number of hydrogen-bond donors (Lipinski definition) is 1. The molecule has 0 aliphatic carbocycles. The molecule has 0 amide bonds. The first-order valence-electron chi connectivity index (χ1n) is 8.42. The summed E-state index contributed by atoms with van der Waals surface area (Å²) in [7, 11) is 0. The van der Waals surface area contributed by atoms with E-state index in [1.54, 1.807) is 12.1 Å². The van der Waals surface area contributed by atoms with Crippen molar-refractivity contribution in [2.24, 2.45) is 5.92 Å². The van der Waals surface area contributed by atoms with Crippen molar-refractivity contribution in [3.63, 3.8) is 0 Å². The second kappa shape index (κ2) is 8.61. The number of hydrogen-bond acceptors (Lipinski definition) is 3. The van der Waals surface area contributed by atoms with E-state index in [2.05, 4.69) is 31.0 Å². The summed E-state index contributed by atoms with van der Waals surface area (Å²) < 4.78 is 19.1. The number of nitrogens with zero attached hydrogens (tertiary/aromatic N) is 1. The van der Waals surface area contributed by atoms with Gasteiger partial charge in [-0.1, -0.05) is 32.9 Å². The van der Waals surface area contributed by atoms with Crippen LogP contribution in [0, 0.1) is 11.7 Å². The Hall–Kier alpha value is -0.970. The Labute approximate surface area is 133 Å². The van der Waals surface area contributed by atoms with E-state index in [9.17, 15) is 4.39 Å². The minimum absolute atomic E-state index is 0.160. The van der Waals surface area contributed by atoms with E-state index < -0.39 is 0 Å². The molecular weight excluding hydrogens is 279 g/mol. The SMILES string of the molecule is CC[C@H](NC[C@@H](c1cccc(F)c1)N1CCOCC1)C(C)C. The molecule has 1 N–H and O–H groups in total. The zero-order valence-corrected chi connectivity index (χ0v) is 14.0. The van der Waals surface area contributed by atoms with Crippen LogP contribution in [-0.4, -0.2) is 43.8 Å². The van der Waals surface area contributed by atoms with E-state index in [1.807, 2.05) is 6.07 Å². The lowest BCUT2D eigenvalue weighted by Gasteiger charge is -2.36. The maximum absolute atomic E-state index is 13.6. The quantitative estimate of drug-likeness (QED) is 0.837. The molecule has 0 saturated carbocycles. The highest BCUT2D eigenvalue weighted by Crippen LogP contribution is 2.22. The first-order chi connectivity index (χ1) is 10.6. The van der Waals surface area contributed by atoms with Crippen LogP contribution in [0.15, 0.2) is 24.3 Å². The van der Waals surface area contributed by atoms with Gasteiger partial charge in [0.05, 0.1) is 13.2 Å². The third-order valence-electron chi connectivity index (χ3n) is 4.54. The van der Waals surface area contributed by atoms with Gasteiger partial charge in [0.15, 0.2) is 0 Å². The average Bonchev–Trinajstić information content (AvgIpc) is 2.52. The molecule has 0 unspecified atom stereocenters. The fourth-order valence-electron chi connectivity index (χ4n) is 3.18. The Balaban J connectivity index is 2.10. The van der Waals surface area contributed by atoms with Crippen LogP contribution in [0.1, 0.15) is 38.8 Å². The van der Waals surface area contributed by atoms with Gasteiger partial charge in [-0.25, -0.2) is 4.39 Å². The van der Waals surface area contributed by atoms with Gasteiger partial charge in [0.2, 0.25) is 0 Å². The van der Waals surface area contributed by atoms with E-state index in [0.717, 1.165) is 44.8 Å². The Morgan fingerprint density at radius 3 is 2.59 bits per heavy atom. The highest BCUT2D eigenvalue weighted by atomic mass is 19.1. The van der Waals surface area contributed by atoms with Crippen LogP contribution in [0.3, 0.4) is 0 Å². The van der Waals surface area contributed by atoms with Gasteiger partial charge in [-0.05, 0) is 30.0 Å². The molecule has 4 heteroatoms. The molecule has 1 aromatic rings. The molecule has 22 heavy (non-hydrogen) atoms. The molecule has 2 rings (SSSR count). The van der Waals surface area contributed by atoms with Gasteiger partial charge < -0.3 is 10.1 Å². The van der Waals surface area contributed by atoms with Gasteiger partial charge in [0.1, 0.15) is 5.82 Å². The monoisotopic (exact) mass is 308 g/mol.